The lowest BCUT2D eigenvalue weighted by Gasteiger charge is -2.50. The smallest absolute Gasteiger partial charge is 0.0455 e. The van der Waals surface area contributed by atoms with Gasteiger partial charge in [-0.05, 0) is 0 Å². The van der Waals surface area contributed by atoms with Crippen LogP contribution in [-0.4, -0.2) is 28.8 Å². The van der Waals surface area contributed by atoms with Crippen LogP contribution in [0.4, 0.5) is 0 Å². The highest BCUT2D eigenvalue weighted by Gasteiger charge is 2.49. The summed E-state index contributed by atoms with van der Waals surface area (Å²) >= 11 is 0. The van der Waals surface area contributed by atoms with E-state index in [0.29, 0.717) is 16.9 Å². The van der Waals surface area contributed by atoms with E-state index in [2.05, 4.69) is 5.32 Å². The van der Waals surface area contributed by atoms with Gasteiger partial charge in [-0.15, -0.1) is 0 Å². The Bertz CT molecular complexity index is 213. The normalized spacial score (nSPS) is 35.1. The Morgan fingerprint density at radius 3 is 2.11 bits per heavy atom. The molecule has 2 aliphatic rings. The van der Waals surface area contributed by atoms with Crippen LogP contribution in [0.25, 0.3) is 0 Å². The van der Waals surface area contributed by atoms with Crippen LogP contribution in [0.5, 0.6) is 0 Å². The maximum absolute atomic E-state index is 10.9. The van der Waals surface area contributed by atoms with E-state index in [1.54, 1.807) is 0 Å². The molecule has 0 aromatic carbocycles. The summed E-state index contributed by atoms with van der Waals surface area (Å²) in [6.45, 7) is 1.98. The van der Waals surface area contributed by atoms with Crippen LogP contribution < -0.4 is 5.32 Å². The Balaban J connectivity index is 2.12. The molecule has 52 valence electrons. The van der Waals surface area contributed by atoms with Crippen LogP contribution in [0, 0.1) is 10.2 Å². The molecule has 2 heterocycles. The highest BCUT2D eigenvalue weighted by molar-refractivity contribution is 7.93. The first-order valence-electron chi connectivity index (χ1n) is 3.07. The molecule has 2 saturated heterocycles. The molecule has 1 spiro atoms. The van der Waals surface area contributed by atoms with E-state index in [9.17, 15) is 4.21 Å². The fourth-order valence-electron chi connectivity index (χ4n) is 1.63. The minimum atomic E-state index is -2.09. The van der Waals surface area contributed by atoms with Gasteiger partial charge in [-0.25, -0.2) is 4.21 Å². The van der Waals surface area contributed by atoms with E-state index in [0.717, 1.165) is 13.1 Å². The highest BCUT2D eigenvalue weighted by Crippen LogP contribution is 2.36. The third kappa shape index (κ3) is 0.697. The zero-order valence-electron chi connectivity index (χ0n) is 5.14. The van der Waals surface area contributed by atoms with Crippen molar-refractivity contribution in [2.45, 2.75) is 0 Å². The van der Waals surface area contributed by atoms with Gasteiger partial charge in [0, 0.05) is 39.7 Å². The Labute approximate surface area is 54.8 Å². The second-order valence-electron chi connectivity index (χ2n) is 3.20. The second-order valence-corrected chi connectivity index (χ2v) is 5.41. The zero-order chi connectivity index (χ0) is 6.54. The van der Waals surface area contributed by atoms with Crippen molar-refractivity contribution in [3.63, 3.8) is 0 Å². The summed E-state index contributed by atoms with van der Waals surface area (Å²) in [5, 5.41) is 3.13. The van der Waals surface area contributed by atoms with Crippen LogP contribution >= 0.6 is 0 Å². The quantitative estimate of drug-likeness (QED) is 0.490. The summed E-state index contributed by atoms with van der Waals surface area (Å²) in [6, 6.07) is 0. The minimum Gasteiger partial charge on any atom is -0.315 e. The van der Waals surface area contributed by atoms with Crippen molar-refractivity contribution in [2.24, 2.45) is 5.41 Å². The largest absolute Gasteiger partial charge is 0.315 e. The molecule has 0 unspecified atom stereocenters. The van der Waals surface area contributed by atoms with Crippen molar-refractivity contribution in [3.05, 3.63) is 0 Å². The lowest BCUT2D eigenvalue weighted by molar-refractivity contribution is 0.213. The number of hydrogen-bond acceptors (Lipinski definition) is 3. The number of hydrogen-bond donors (Lipinski definition) is 2. The van der Waals surface area contributed by atoms with Crippen molar-refractivity contribution in [3.8, 4) is 0 Å². The molecule has 2 aliphatic heterocycles. The SMILES string of the molecule is N=S1(=O)CC2(CNC2)C1. The molecular weight excluding hydrogens is 136 g/mol. The molecule has 0 aliphatic carbocycles. The monoisotopic (exact) mass is 146 g/mol. The molecule has 0 bridgehead atoms. The minimum absolute atomic E-state index is 0.304. The van der Waals surface area contributed by atoms with Crippen LogP contribution in [0.3, 0.4) is 0 Å². The summed E-state index contributed by atoms with van der Waals surface area (Å²) in [5.74, 6) is 1.29. The average molecular weight is 146 g/mol. The van der Waals surface area contributed by atoms with Gasteiger partial charge in [-0.2, -0.15) is 0 Å². The molecule has 2 fully saturated rings. The third-order valence-corrected chi connectivity index (χ3v) is 4.24. The molecule has 0 aromatic heterocycles. The summed E-state index contributed by atoms with van der Waals surface area (Å²) in [6.07, 6.45) is 0. The molecule has 9 heavy (non-hydrogen) atoms. The van der Waals surface area contributed by atoms with Crippen molar-refractivity contribution in [2.75, 3.05) is 24.6 Å². The van der Waals surface area contributed by atoms with E-state index in [1.165, 1.54) is 0 Å². The van der Waals surface area contributed by atoms with E-state index in [1.807, 2.05) is 0 Å². The molecule has 3 nitrogen and oxygen atoms in total. The van der Waals surface area contributed by atoms with E-state index < -0.39 is 9.73 Å². The van der Waals surface area contributed by atoms with Gasteiger partial charge in [0.2, 0.25) is 0 Å². The van der Waals surface area contributed by atoms with Crippen LogP contribution in [0.2, 0.25) is 0 Å². The maximum Gasteiger partial charge on any atom is 0.0455 e. The van der Waals surface area contributed by atoms with Gasteiger partial charge >= 0.3 is 0 Å². The first kappa shape index (κ1) is 5.68. The first-order valence-corrected chi connectivity index (χ1v) is 4.97. The summed E-state index contributed by atoms with van der Waals surface area (Å²) < 4.78 is 18.0. The molecule has 2 N–H and O–H groups in total. The Hall–Kier alpha value is -0.0900. The number of nitrogens with one attached hydrogen (secondary N) is 2. The zero-order valence-corrected chi connectivity index (χ0v) is 5.96. The van der Waals surface area contributed by atoms with Gasteiger partial charge in [0.15, 0.2) is 0 Å². The van der Waals surface area contributed by atoms with Gasteiger partial charge in [-0.3, -0.25) is 4.78 Å². The van der Waals surface area contributed by atoms with Gasteiger partial charge < -0.3 is 5.32 Å². The average Bonchev–Trinajstić information content (AvgIpc) is 1.54. The van der Waals surface area contributed by atoms with Gasteiger partial charge in [0.05, 0.1) is 0 Å². The molecule has 0 radical (unpaired) electrons. The third-order valence-electron chi connectivity index (χ3n) is 2.08. The van der Waals surface area contributed by atoms with Crippen molar-refractivity contribution in [1.29, 1.82) is 4.78 Å². The summed E-state index contributed by atoms with van der Waals surface area (Å²) in [7, 11) is -2.09. The van der Waals surface area contributed by atoms with E-state index in [-0.39, 0.29) is 0 Å². The van der Waals surface area contributed by atoms with Gasteiger partial charge in [0.25, 0.3) is 0 Å². The Kier molecular flexibility index (Phi) is 0.833. The van der Waals surface area contributed by atoms with Crippen LogP contribution in [-0.2, 0) is 9.73 Å². The lowest BCUT2D eigenvalue weighted by Crippen LogP contribution is -2.66. The number of rotatable bonds is 0. The van der Waals surface area contributed by atoms with Gasteiger partial charge in [-0.1, -0.05) is 0 Å². The van der Waals surface area contributed by atoms with Crippen LogP contribution in [0.1, 0.15) is 0 Å². The predicted octanol–water partition coefficient (Wildman–Crippen LogP) is -0.364. The molecule has 0 saturated carbocycles. The first-order chi connectivity index (χ1) is 4.12. The van der Waals surface area contributed by atoms with Crippen molar-refractivity contribution in [1.82, 2.24) is 5.32 Å². The van der Waals surface area contributed by atoms with Crippen molar-refractivity contribution >= 4 is 9.73 Å². The maximum atomic E-state index is 10.9. The molecule has 0 amide bonds. The second kappa shape index (κ2) is 1.32. The standard InChI is InChI=1S/C5H10N2OS/c6-9(8)3-5(4-9)1-7-2-5/h6-7H,1-4H2. The fraction of sp³-hybridized carbons (Fsp3) is 1.00. The molecule has 4 heteroatoms. The van der Waals surface area contributed by atoms with E-state index in [4.69, 9.17) is 4.78 Å². The molecule has 0 aromatic rings. The van der Waals surface area contributed by atoms with E-state index >= 15 is 0 Å². The lowest BCUT2D eigenvalue weighted by atomic mass is 9.85. The molecule has 0 atom stereocenters. The molecular formula is C5H10N2OS. The molecule has 2 rings (SSSR count). The summed E-state index contributed by atoms with van der Waals surface area (Å²) in [4.78, 5) is 0. The van der Waals surface area contributed by atoms with Crippen molar-refractivity contribution < 1.29 is 4.21 Å². The van der Waals surface area contributed by atoms with Crippen LogP contribution in [0.15, 0.2) is 0 Å². The summed E-state index contributed by atoms with van der Waals surface area (Å²) in [5.41, 5.74) is 0.304. The topological polar surface area (TPSA) is 53.0 Å². The predicted molar refractivity (Wildman–Crippen MR) is 35.9 cm³/mol. The Morgan fingerprint density at radius 1 is 1.44 bits per heavy atom. The Morgan fingerprint density at radius 2 is 2.00 bits per heavy atom. The fourth-order valence-corrected chi connectivity index (χ4v) is 3.93. The highest BCUT2D eigenvalue weighted by atomic mass is 32.2. The van der Waals surface area contributed by atoms with Gasteiger partial charge in [0.1, 0.15) is 0 Å².